The monoisotopic (exact) mass is 544 g/mol. The van der Waals surface area contributed by atoms with E-state index in [9.17, 15) is 4.79 Å². The van der Waals surface area contributed by atoms with E-state index in [0.717, 1.165) is 51.6 Å². The molecule has 0 aromatic heterocycles. The lowest BCUT2D eigenvalue weighted by atomic mass is 10.1. The number of allylic oxidation sites excluding steroid dienone is 8. The third-order valence-corrected chi connectivity index (χ3v) is 7.00. The third-order valence-electron chi connectivity index (χ3n) is 7.00. The molecule has 0 fully saturated rings. The van der Waals surface area contributed by atoms with Crippen molar-refractivity contribution >= 4 is 6.29 Å². The van der Waals surface area contributed by atoms with Crippen LogP contribution >= 0.6 is 0 Å². The average molecular weight is 545 g/mol. The van der Waals surface area contributed by atoms with Crippen LogP contribution in [0.25, 0.3) is 0 Å². The fraction of sp³-hybridized carbons (Fsp3) is 0.750. The van der Waals surface area contributed by atoms with E-state index in [1.165, 1.54) is 122 Å². The van der Waals surface area contributed by atoms with Gasteiger partial charge in [0.25, 0.3) is 0 Å². The first-order chi connectivity index (χ1) is 19.4. The predicted octanol–water partition coefficient (Wildman–Crippen LogP) is 10.8. The zero-order valence-electron chi connectivity index (χ0n) is 25.6. The fourth-order valence-electron chi connectivity index (χ4n) is 4.50. The number of hydrogen-bond acceptors (Lipinski definition) is 3. The van der Waals surface area contributed by atoms with Crippen LogP contribution in [-0.2, 0) is 9.53 Å². The maximum atomic E-state index is 10.3. The lowest BCUT2D eigenvalue weighted by molar-refractivity contribution is -0.107. The topological polar surface area (TPSA) is 46.5 Å². The van der Waals surface area contributed by atoms with Crippen molar-refractivity contribution in [3.8, 4) is 0 Å². The Morgan fingerprint density at radius 2 is 0.718 bits per heavy atom. The van der Waals surface area contributed by atoms with Crippen LogP contribution in [0.1, 0.15) is 154 Å². The molecule has 0 atom stereocenters. The Bertz CT molecular complexity index is 576. The number of rotatable bonds is 32. The number of aliphatic hydroxyl groups excluding tert-OH is 1. The highest BCUT2D eigenvalue weighted by molar-refractivity contribution is 5.48. The quantitative estimate of drug-likeness (QED) is 0.0520. The Kier molecular flexibility index (Phi) is 35.2. The molecule has 0 aliphatic rings. The van der Waals surface area contributed by atoms with Crippen molar-refractivity contribution in [1.29, 1.82) is 0 Å². The molecule has 0 radical (unpaired) electrons. The van der Waals surface area contributed by atoms with Gasteiger partial charge in [-0.3, -0.25) is 0 Å². The van der Waals surface area contributed by atoms with E-state index in [2.05, 4.69) is 48.6 Å². The molecule has 0 amide bonds. The summed E-state index contributed by atoms with van der Waals surface area (Å²) in [5, 5.41) is 8.76. The second-order valence-electron chi connectivity index (χ2n) is 10.8. The van der Waals surface area contributed by atoms with Crippen molar-refractivity contribution in [1.82, 2.24) is 0 Å². The summed E-state index contributed by atoms with van der Waals surface area (Å²) in [4.78, 5) is 10.3. The molecule has 0 saturated carbocycles. The summed E-state index contributed by atoms with van der Waals surface area (Å²) in [6.45, 7) is 2.18. The first-order valence-electron chi connectivity index (χ1n) is 16.6. The van der Waals surface area contributed by atoms with Crippen LogP contribution in [0.4, 0.5) is 0 Å². The van der Waals surface area contributed by atoms with Crippen molar-refractivity contribution < 1.29 is 14.6 Å². The van der Waals surface area contributed by atoms with Gasteiger partial charge < -0.3 is 14.6 Å². The van der Waals surface area contributed by atoms with Gasteiger partial charge in [0, 0.05) is 26.2 Å². The summed E-state index contributed by atoms with van der Waals surface area (Å²) in [7, 11) is 0. The zero-order valence-corrected chi connectivity index (χ0v) is 25.6. The van der Waals surface area contributed by atoms with Crippen LogP contribution in [0, 0.1) is 0 Å². The predicted molar refractivity (Wildman–Crippen MR) is 171 cm³/mol. The summed E-state index contributed by atoms with van der Waals surface area (Å²) in [5.41, 5.74) is 0. The zero-order chi connectivity index (χ0) is 28.2. The van der Waals surface area contributed by atoms with E-state index < -0.39 is 0 Å². The summed E-state index contributed by atoms with van der Waals surface area (Å²) in [6.07, 6.45) is 48.0. The van der Waals surface area contributed by atoms with Crippen molar-refractivity contribution in [2.45, 2.75) is 154 Å². The maximum absolute atomic E-state index is 10.3. The highest BCUT2D eigenvalue weighted by atomic mass is 16.5. The lowest BCUT2D eigenvalue weighted by Gasteiger charge is -2.03. The lowest BCUT2D eigenvalue weighted by Crippen LogP contribution is -1.97. The van der Waals surface area contributed by atoms with E-state index in [1.54, 1.807) is 0 Å². The van der Waals surface area contributed by atoms with E-state index in [-0.39, 0.29) is 0 Å². The minimum atomic E-state index is 0.345. The molecule has 0 aliphatic heterocycles. The molecule has 0 aromatic carbocycles. The van der Waals surface area contributed by atoms with Crippen molar-refractivity contribution in [2.24, 2.45) is 0 Å². The summed E-state index contributed by atoms with van der Waals surface area (Å²) in [6, 6.07) is 0. The molecular formula is C36H64O3. The van der Waals surface area contributed by atoms with Gasteiger partial charge in [-0.1, -0.05) is 106 Å². The highest BCUT2D eigenvalue weighted by Gasteiger charge is 1.93. The molecule has 0 aromatic rings. The minimum Gasteiger partial charge on any atom is -0.396 e. The van der Waals surface area contributed by atoms with Crippen LogP contribution in [0.15, 0.2) is 48.6 Å². The van der Waals surface area contributed by atoms with Crippen LogP contribution in [0.2, 0.25) is 0 Å². The molecule has 39 heavy (non-hydrogen) atoms. The Morgan fingerprint density at radius 3 is 1.10 bits per heavy atom. The van der Waals surface area contributed by atoms with Gasteiger partial charge in [-0.2, -0.15) is 0 Å². The number of hydrogen-bond donors (Lipinski definition) is 1. The van der Waals surface area contributed by atoms with E-state index in [0.29, 0.717) is 6.61 Å². The number of carbonyl (C=O) groups is 1. The van der Waals surface area contributed by atoms with Gasteiger partial charge in [0.15, 0.2) is 0 Å². The first-order valence-corrected chi connectivity index (χ1v) is 16.6. The standard InChI is InChI=1S/C36H64O3/c37-33-29-25-21-17-13-9-5-1-3-7-11-15-19-23-27-31-35-39-36-32-28-24-20-16-12-8-4-2-6-10-14-18-22-26-30-34-38/h1-4,11-12,15-16,33,38H,5-10,13-14,17-32,34-36H2/b3-1-,4-2-,15-11-,16-12-. The third kappa shape index (κ3) is 36.5. The van der Waals surface area contributed by atoms with Gasteiger partial charge in [0.05, 0.1) is 0 Å². The molecule has 0 spiro atoms. The maximum Gasteiger partial charge on any atom is 0.119 e. The normalized spacial score (nSPS) is 12.2. The second-order valence-corrected chi connectivity index (χ2v) is 10.8. The van der Waals surface area contributed by atoms with Crippen molar-refractivity contribution in [3.63, 3.8) is 0 Å². The summed E-state index contributed by atoms with van der Waals surface area (Å²) in [5.74, 6) is 0. The molecule has 0 saturated heterocycles. The van der Waals surface area contributed by atoms with Crippen LogP contribution in [0.3, 0.4) is 0 Å². The molecule has 0 unspecified atom stereocenters. The van der Waals surface area contributed by atoms with Crippen molar-refractivity contribution in [2.75, 3.05) is 19.8 Å². The molecule has 0 heterocycles. The van der Waals surface area contributed by atoms with E-state index >= 15 is 0 Å². The van der Waals surface area contributed by atoms with Gasteiger partial charge in [0.1, 0.15) is 6.29 Å². The van der Waals surface area contributed by atoms with E-state index in [4.69, 9.17) is 9.84 Å². The molecule has 0 aliphatic carbocycles. The van der Waals surface area contributed by atoms with Gasteiger partial charge in [0.2, 0.25) is 0 Å². The van der Waals surface area contributed by atoms with E-state index in [1.807, 2.05) is 0 Å². The highest BCUT2D eigenvalue weighted by Crippen LogP contribution is 2.09. The smallest absolute Gasteiger partial charge is 0.119 e. The van der Waals surface area contributed by atoms with Crippen molar-refractivity contribution in [3.05, 3.63) is 48.6 Å². The SMILES string of the molecule is O=CCCCCCCC/C=C\C/C=C\CCCCCOCCCCC/C=C\C/C=C\CCCCCCCCO. The number of aldehydes is 1. The van der Waals surface area contributed by atoms with Gasteiger partial charge >= 0.3 is 0 Å². The second kappa shape index (κ2) is 36.5. The summed E-state index contributed by atoms with van der Waals surface area (Å²) >= 11 is 0. The average Bonchev–Trinajstić information content (AvgIpc) is 2.95. The molecule has 226 valence electrons. The fourth-order valence-corrected chi connectivity index (χ4v) is 4.50. The Morgan fingerprint density at radius 1 is 0.385 bits per heavy atom. The summed E-state index contributed by atoms with van der Waals surface area (Å²) < 4.78 is 5.80. The molecular weight excluding hydrogens is 480 g/mol. The number of ether oxygens (including phenoxy) is 1. The van der Waals surface area contributed by atoms with Gasteiger partial charge in [-0.15, -0.1) is 0 Å². The Labute approximate surface area is 243 Å². The van der Waals surface area contributed by atoms with Crippen LogP contribution in [-0.4, -0.2) is 31.2 Å². The van der Waals surface area contributed by atoms with Crippen LogP contribution < -0.4 is 0 Å². The number of carbonyl (C=O) groups excluding carboxylic acids is 1. The molecule has 3 heteroatoms. The Hall–Kier alpha value is -1.45. The largest absolute Gasteiger partial charge is 0.396 e. The minimum absolute atomic E-state index is 0.345. The van der Waals surface area contributed by atoms with Crippen LogP contribution in [0.5, 0.6) is 0 Å². The molecule has 1 N–H and O–H groups in total. The Balaban J connectivity index is 3.22. The molecule has 0 bridgehead atoms. The number of unbranched alkanes of at least 4 members (excludes halogenated alkanes) is 18. The molecule has 0 rings (SSSR count). The molecule has 3 nitrogen and oxygen atoms in total. The number of aliphatic hydroxyl groups is 1. The van der Waals surface area contributed by atoms with Gasteiger partial charge in [-0.05, 0) is 89.9 Å². The van der Waals surface area contributed by atoms with Gasteiger partial charge in [-0.25, -0.2) is 0 Å². The first kappa shape index (κ1) is 37.6.